The Labute approximate surface area is 111 Å². The molecule has 0 fully saturated rings. The number of imidazole rings is 1. The molecule has 0 atom stereocenters. The molecule has 19 heavy (non-hydrogen) atoms. The number of carbonyl (C=O) groups excluding carboxylic acids is 1. The number of hydrogen-bond donors (Lipinski definition) is 1. The van der Waals surface area contributed by atoms with Crippen LogP contribution in [-0.2, 0) is 0 Å². The van der Waals surface area contributed by atoms with E-state index >= 15 is 0 Å². The first kappa shape index (κ1) is 11.8. The van der Waals surface area contributed by atoms with Gasteiger partial charge in [0.25, 0.3) is 5.91 Å². The molecule has 0 aliphatic carbocycles. The van der Waals surface area contributed by atoms with Gasteiger partial charge in [-0.15, -0.1) is 0 Å². The van der Waals surface area contributed by atoms with Crippen molar-refractivity contribution in [3.05, 3.63) is 47.0 Å². The van der Waals surface area contributed by atoms with Crippen LogP contribution in [0.5, 0.6) is 0 Å². The van der Waals surface area contributed by atoms with Gasteiger partial charge >= 0.3 is 0 Å². The van der Waals surface area contributed by atoms with Crippen molar-refractivity contribution in [3.63, 3.8) is 0 Å². The lowest BCUT2D eigenvalue weighted by molar-refractivity contribution is 0.102. The number of nitrogens with one attached hydrogen (secondary N) is 1. The van der Waals surface area contributed by atoms with Gasteiger partial charge in [0.05, 0.1) is 5.69 Å². The second-order valence-electron chi connectivity index (χ2n) is 3.94. The van der Waals surface area contributed by atoms with E-state index in [0.29, 0.717) is 22.0 Å². The third-order valence-electron chi connectivity index (χ3n) is 2.62. The van der Waals surface area contributed by atoms with Crippen molar-refractivity contribution in [3.8, 4) is 0 Å². The van der Waals surface area contributed by atoms with Crippen LogP contribution in [0.1, 0.15) is 16.2 Å². The molecule has 5 nitrogen and oxygen atoms in total. The van der Waals surface area contributed by atoms with E-state index in [1.807, 2.05) is 0 Å². The van der Waals surface area contributed by atoms with Gasteiger partial charge in [0.2, 0.25) is 4.96 Å². The first-order chi connectivity index (χ1) is 9.15. The summed E-state index contributed by atoms with van der Waals surface area (Å²) in [6, 6.07) is 5.73. The Hall–Kier alpha value is -2.28. The summed E-state index contributed by atoms with van der Waals surface area (Å²) in [7, 11) is 0. The average Bonchev–Trinajstić information content (AvgIpc) is 2.88. The molecule has 7 heteroatoms. The van der Waals surface area contributed by atoms with Crippen LogP contribution in [-0.4, -0.2) is 20.5 Å². The Morgan fingerprint density at radius 1 is 1.47 bits per heavy atom. The Bertz CT molecular complexity index is 764. The number of aryl methyl sites for hydroxylation is 1. The van der Waals surface area contributed by atoms with E-state index in [-0.39, 0.29) is 5.91 Å². The van der Waals surface area contributed by atoms with Crippen molar-refractivity contribution in [2.45, 2.75) is 6.92 Å². The maximum absolute atomic E-state index is 13.1. The molecule has 0 aliphatic heterocycles. The minimum absolute atomic E-state index is 0.360. The number of benzene rings is 1. The zero-order valence-electron chi connectivity index (χ0n) is 9.92. The van der Waals surface area contributed by atoms with Gasteiger partial charge in [-0.3, -0.25) is 4.79 Å². The van der Waals surface area contributed by atoms with Crippen LogP contribution in [0.4, 0.5) is 10.1 Å². The van der Waals surface area contributed by atoms with Gasteiger partial charge in [-0.25, -0.2) is 9.37 Å². The number of nitrogens with zero attached hydrogens (tertiary/aromatic N) is 3. The second kappa shape index (κ2) is 4.43. The summed E-state index contributed by atoms with van der Waals surface area (Å²) in [5.74, 6) is -0.761. The van der Waals surface area contributed by atoms with Crippen LogP contribution in [0.15, 0.2) is 29.8 Å². The summed E-state index contributed by atoms with van der Waals surface area (Å²) in [6.07, 6.45) is 0. The number of aromatic nitrogens is 3. The van der Waals surface area contributed by atoms with Crippen molar-refractivity contribution in [1.29, 1.82) is 0 Å². The van der Waals surface area contributed by atoms with Crippen LogP contribution in [0.3, 0.4) is 0 Å². The first-order valence-electron chi connectivity index (χ1n) is 5.51. The minimum atomic E-state index is -0.401. The van der Waals surface area contributed by atoms with Crippen LogP contribution >= 0.6 is 11.3 Å². The minimum Gasteiger partial charge on any atom is -0.320 e. The van der Waals surface area contributed by atoms with Crippen molar-refractivity contribution in [1.82, 2.24) is 14.6 Å². The summed E-state index contributed by atoms with van der Waals surface area (Å²) in [5, 5.41) is 6.69. The molecule has 2 heterocycles. The number of amides is 1. The van der Waals surface area contributed by atoms with Gasteiger partial charge in [-0.1, -0.05) is 17.4 Å². The predicted molar refractivity (Wildman–Crippen MR) is 70.0 cm³/mol. The normalized spacial score (nSPS) is 10.8. The second-order valence-corrected chi connectivity index (χ2v) is 4.76. The molecule has 3 rings (SSSR count). The van der Waals surface area contributed by atoms with E-state index in [1.165, 1.54) is 34.1 Å². The third kappa shape index (κ3) is 2.08. The lowest BCUT2D eigenvalue weighted by Crippen LogP contribution is -2.16. The summed E-state index contributed by atoms with van der Waals surface area (Å²) < 4.78 is 14.5. The van der Waals surface area contributed by atoms with Crippen molar-refractivity contribution < 1.29 is 9.18 Å². The topological polar surface area (TPSA) is 59.3 Å². The number of anilines is 1. The monoisotopic (exact) mass is 276 g/mol. The van der Waals surface area contributed by atoms with E-state index in [4.69, 9.17) is 0 Å². The van der Waals surface area contributed by atoms with Crippen molar-refractivity contribution in [2.75, 3.05) is 5.32 Å². The van der Waals surface area contributed by atoms with E-state index in [2.05, 4.69) is 15.4 Å². The Kier molecular flexibility index (Phi) is 2.75. The van der Waals surface area contributed by atoms with Gasteiger partial charge in [0.1, 0.15) is 11.3 Å². The highest BCUT2D eigenvalue weighted by Crippen LogP contribution is 2.17. The SMILES string of the molecule is Cc1nc2scnn2c1C(=O)Nc1cccc(F)c1. The molecule has 96 valence electrons. The van der Waals surface area contributed by atoms with E-state index in [1.54, 1.807) is 18.5 Å². The number of fused-ring (bicyclic) bond motifs is 1. The van der Waals surface area contributed by atoms with Gasteiger partial charge < -0.3 is 5.32 Å². The molecule has 0 saturated carbocycles. The highest BCUT2D eigenvalue weighted by molar-refractivity contribution is 7.14. The molecule has 1 amide bonds. The Morgan fingerprint density at radius 2 is 2.32 bits per heavy atom. The van der Waals surface area contributed by atoms with Crippen molar-refractivity contribution >= 4 is 27.9 Å². The molecule has 1 aromatic carbocycles. The molecule has 2 aromatic heterocycles. The van der Waals surface area contributed by atoms with Crippen LogP contribution in [0.2, 0.25) is 0 Å². The fourth-order valence-corrected chi connectivity index (χ4v) is 2.47. The zero-order chi connectivity index (χ0) is 13.4. The highest BCUT2D eigenvalue weighted by atomic mass is 32.1. The highest BCUT2D eigenvalue weighted by Gasteiger charge is 2.18. The zero-order valence-corrected chi connectivity index (χ0v) is 10.7. The van der Waals surface area contributed by atoms with Crippen molar-refractivity contribution in [2.24, 2.45) is 0 Å². The van der Waals surface area contributed by atoms with Gasteiger partial charge in [-0.05, 0) is 25.1 Å². The van der Waals surface area contributed by atoms with Crippen LogP contribution in [0.25, 0.3) is 4.96 Å². The maximum Gasteiger partial charge on any atom is 0.276 e. The fourth-order valence-electron chi connectivity index (χ4n) is 1.81. The smallest absolute Gasteiger partial charge is 0.276 e. The summed E-state index contributed by atoms with van der Waals surface area (Å²) in [5.41, 5.74) is 2.96. The van der Waals surface area contributed by atoms with E-state index < -0.39 is 5.82 Å². The molecule has 1 N–H and O–H groups in total. The number of hydrogen-bond acceptors (Lipinski definition) is 4. The molecule has 0 saturated heterocycles. The van der Waals surface area contributed by atoms with Gasteiger partial charge in [-0.2, -0.15) is 9.61 Å². The number of halogens is 1. The third-order valence-corrected chi connectivity index (χ3v) is 3.29. The van der Waals surface area contributed by atoms with E-state index in [9.17, 15) is 9.18 Å². The standard InChI is InChI=1S/C12H9FN4OS/c1-7-10(17-12(15-7)19-6-14-17)11(18)16-9-4-2-3-8(13)5-9/h2-6H,1H3,(H,16,18). The molecule has 0 aliphatic rings. The maximum atomic E-state index is 13.1. The molecule has 0 spiro atoms. The van der Waals surface area contributed by atoms with Crippen LogP contribution < -0.4 is 5.32 Å². The molecular weight excluding hydrogens is 267 g/mol. The number of carbonyl (C=O) groups is 1. The van der Waals surface area contributed by atoms with E-state index in [0.717, 1.165) is 0 Å². The summed E-state index contributed by atoms with van der Waals surface area (Å²) in [6.45, 7) is 1.74. The molecular formula is C12H9FN4OS. The average molecular weight is 276 g/mol. The lowest BCUT2D eigenvalue weighted by Gasteiger charge is -2.04. The van der Waals surface area contributed by atoms with Gasteiger partial charge in [0, 0.05) is 5.69 Å². The molecule has 0 unspecified atom stereocenters. The predicted octanol–water partition coefficient (Wildman–Crippen LogP) is 2.49. The summed E-state index contributed by atoms with van der Waals surface area (Å²) in [4.78, 5) is 17.1. The largest absolute Gasteiger partial charge is 0.320 e. The van der Waals surface area contributed by atoms with Gasteiger partial charge in [0.15, 0.2) is 5.69 Å². The number of rotatable bonds is 2. The quantitative estimate of drug-likeness (QED) is 0.782. The fraction of sp³-hybridized carbons (Fsp3) is 0.0833. The first-order valence-corrected chi connectivity index (χ1v) is 6.39. The molecule has 0 bridgehead atoms. The van der Waals surface area contributed by atoms with Crippen LogP contribution in [0, 0.1) is 12.7 Å². The summed E-state index contributed by atoms with van der Waals surface area (Å²) >= 11 is 1.35. The molecule has 0 radical (unpaired) electrons. The Morgan fingerprint density at radius 3 is 3.11 bits per heavy atom. The Balaban J connectivity index is 1.96. The molecule has 3 aromatic rings. The lowest BCUT2D eigenvalue weighted by atomic mass is 10.3.